The maximum atomic E-state index is 11.8. The fraction of sp³-hybridized carbons (Fsp3) is 0.190. The van der Waals surface area contributed by atoms with Crippen molar-refractivity contribution >= 4 is 17.3 Å². The summed E-state index contributed by atoms with van der Waals surface area (Å²) < 4.78 is 2.93. The molecule has 1 atom stereocenters. The molecule has 0 radical (unpaired) electrons. The summed E-state index contributed by atoms with van der Waals surface area (Å²) in [5, 5.41) is 13.7. The maximum Gasteiger partial charge on any atom is 0.250 e. The van der Waals surface area contributed by atoms with E-state index in [2.05, 4.69) is 5.16 Å². The van der Waals surface area contributed by atoms with Crippen molar-refractivity contribution in [2.24, 2.45) is 19.3 Å². The summed E-state index contributed by atoms with van der Waals surface area (Å²) in [5.41, 5.74) is 2.49. The third-order valence-electron chi connectivity index (χ3n) is 4.73. The van der Waals surface area contributed by atoms with Gasteiger partial charge in [0.1, 0.15) is 0 Å². The average Bonchev–Trinajstić information content (AvgIpc) is 2.68. The van der Waals surface area contributed by atoms with Gasteiger partial charge in [-0.25, -0.2) is 0 Å². The van der Waals surface area contributed by atoms with E-state index in [1.54, 1.807) is 44.7 Å². The second-order valence-electron chi connectivity index (χ2n) is 6.60. The minimum atomic E-state index is -0.247. The van der Waals surface area contributed by atoms with Crippen molar-refractivity contribution in [3.8, 4) is 0 Å². The molecule has 28 heavy (non-hydrogen) atoms. The summed E-state index contributed by atoms with van der Waals surface area (Å²) in [4.78, 5) is 23.5. The number of aryl methyl sites for hydroxylation is 2. The maximum absolute atomic E-state index is 11.8. The van der Waals surface area contributed by atoms with Gasteiger partial charge in [0.15, 0.2) is 0 Å². The van der Waals surface area contributed by atoms with Crippen molar-refractivity contribution in [1.82, 2.24) is 9.13 Å². The van der Waals surface area contributed by atoms with E-state index in [0.29, 0.717) is 22.7 Å². The van der Waals surface area contributed by atoms with E-state index in [-0.39, 0.29) is 17.0 Å². The molecule has 7 heteroatoms. The van der Waals surface area contributed by atoms with Crippen molar-refractivity contribution < 1.29 is 5.21 Å². The number of hydrogen-bond acceptors (Lipinski definition) is 4. The minimum Gasteiger partial charge on any atom is -0.411 e. The molecule has 0 aliphatic carbocycles. The Kier molecular flexibility index (Phi) is 5.80. The van der Waals surface area contributed by atoms with Crippen molar-refractivity contribution in [3.05, 3.63) is 103 Å². The van der Waals surface area contributed by atoms with Crippen LogP contribution in [0.3, 0.4) is 0 Å². The van der Waals surface area contributed by atoms with Gasteiger partial charge in [0.05, 0.1) is 5.71 Å². The molecule has 0 saturated carbocycles. The van der Waals surface area contributed by atoms with E-state index in [1.165, 1.54) is 21.3 Å². The highest BCUT2D eigenvalue weighted by atomic mass is 35.5. The van der Waals surface area contributed by atoms with Crippen LogP contribution >= 0.6 is 11.6 Å². The van der Waals surface area contributed by atoms with Gasteiger partial charge in [-0.2, -0.15) is 0 Å². The van der Waals surface area contributed by atoms with Gasteiger partial charge in [0.25, 0.3) is 0 Å². The molecule has 6 nitrogen and oxygen atoms in total. The zero-order valence-electron chi connectivity index (χ0n) is 15.5. The lowest BCUT2D eigenvalue weighted by Gasteiger charge is -2.20. The van der Waals surface area contributed by atoms with Crippen molar-refractivity contribution in [1.29, 1.82) is 0 Å². The molecule has 144 valence electrons. The molecule has 0 spiro atoms. The normalized spacial score (nSPS) is 12.8. The summed E-state index contributed by atoms with van der Waals surface area (Å²) in [7, 11) is 3.32. The monoisotopic (exact) mass is 397 g/mol. The number of aromatic nitrogens is 2. The molecule has 1 N–H and O–H groups in total. The summed E-state index contributed by atoms with van der Waals surface area (Å²) in [6, 6.07) is 13.8. The molecule has 0 aliphatic heterocycles. The second kappa shape index (κ2) is 8.27. The molecular formula is C21H20ClN3O3. The molecule has 2 aromatic heterocycles. The van der Waals surface area contributed by atoms with Gasteiger partial charge in [-0.05, 0) is 23.3 Å². The molecular weight excluding hydrogens is 378 g/mol. The Morgan fingerprint density at radius 2 is 1.64 bits per heavy atom. The highest BCUT2D eigenvalue weighted by Gasteiger charge is 2.21. The molecule has 0 saturated heterocycles. The van der Waals surface area contributed by atoms with Gasteiger partial charge in [0.2, 0.25) is 11.1 Å². The highest BCUT2D eigenvalue weighted by molar-refractivity contribution is 6.31. The van der Waals surface area contributed by atoms with Gasteiger partial charge in [0, 0.05) is 61.5 Å². The third kappa shape index (κ3) is 4.07. The van der Waals surface area contributed by atoms with Crippen molar-refractivity contribution in [3.63, 3.8) is 0 Å². The third-order valence-corrected chi connectivity index (χ3v) is 5.07. The lowest BCUT2D eigenvalue weighted by Crippen LogP contribution is -2.20. The van der Waals surface area contributed by atoms with Gasteiger partial charge >= 0.3 is 0 Å². The molecule has 1 unspecified atom stereocenters. The number of halogens is 1. The lowest BCUT2D eigenvalue weighted by atomic mass is 9.86. The molecule has 0 aliphatic rings. The molecule has 1 aromatic carbocycles. The van der Waals surface area contributed by atoms with E-state index < -0.39 is 0 Å². The molecule has 0 amide bonds. The molecule has 3 rings (SSSR count). The Balaban J connectivity index is 2.09. The molecule has 0 bridgehead atoms. The first-order valence-electron chi connectivity index (χ1n) is 8.69. The van der Waals surface area contributed by atoms with Gasteiger partial charge in [-0.1, -0.05) is 41.0 Å². The topological polar surface area (TPSA) is 76.6 Å². The van der Waals surface area contributed by atoms with E-state index in [9.17, 15) is 14.8 Å². The van der Waals surface area contributed by atoms with E-state index >= 15 is 0 Å². The fourth-order valence-corrected chi connectivity index (χ4v) is 3.43. The molecule has 2 heterocycles. The average molecular weight is 398 g/mol. The van der Waals surface area contributed by atoms with Gasteiger partial charge < -0.3 is 14.3 Å². The van der Waals surface area contributed by atoms with Crippen LogP contribution in [0, 0.1) is 0 Å². The van der Waals surface area contributed by atoms with Crippen LogP contribution in [0.25, 0.3) is 0 Å². The predicted octanol–water partition coefficient (Wildman–Crippen LogP) is 3.14. The Morgan fingerprint density at radius 3 is 2.25 bits per heavy atom. The van der Waals surface area contributed by atoms with Crippen LogP contribution in [0.1, 0.15) is 29.0 Å². The second-order valence-corrected chi connectivity index (χ2v) is 7.01. The fourth-order valence-electron chi connectivity index (χ4n) is 3.16. The zero-order chi connectivity index (χ0) is 20.3. The first kappa shape index (κ1) is 19.6. The van der Waals surface area contributed by atoms with Crippen LogP contribution in [0.2, 0.25) is 5.02 Å². The van der Waals surface area contributed by atoms with Crippen LogP contribution in [-0.2, 0) is 14.1 Å². The number of nitrogens with zero attached hydrogens (tertiary/aromatic N) is 3. The number of oxime groups is 1. The van der Waals surface area contributed by atoms with Crippen molar-refractivity contribution in [2.75, 3.05) is 0 Å². The van der Waals surface area contributed by atoms with Crippen LogP contribution in [0.4, 0.5) is 0 Å². The van der Waals surface area contributed by atoms with Gasteiger partial charge in [-0.3, -0.25) is 9.59 Å². The SMILES string of the molecule is Cn1cc(C(CC(c2ccc(=O)n(C)c2)c2ccccc2Cl)=NO)ccc1=O. The standard InChI is InChI=1S/C21H20ClN3O3/c1-24-12-14(7-9-20(24)26)17(16-5-3-4-6-18(16)22)11-19(23-28)15-8-10-21(27)25(2)13-15/h3-10,12-13,17,28H,11H2,1-2H3. The zero-order valence-corrected chi connectivity index (χ0v) is 16.3. The number of benzene rings is 1. The number of pyridine rings is 2. The quantitative estimate of drug-likeness (QED) is 0.408. The number of hydrogen-bond donors (Lipinski definition) is 1. The Labute approximate surface area is 166 Å². The molecule has 3 aromatic rings. The Bertz CT molecular complexity index is 1150. The highest BCUT2D eigenvalue weighted by Crippen LogP contribution is 2.33. The first-order chi connectivity index (χ1) is 13.4. The van der Waals surface area contributed by atoms with E-state index in [1.807, 2.05) is 18.2 Å². The van der Waals surface area contributed by atoms with Crippen LogP contribution in [-0.4, -0.2) is 20.1 Å². The summed E-state index contributed by atoms with van der Waals surface area (Å²) in [6.07, 6.45) is 3.71. The summed E-state index contributed by atoms with van der Waals surface area (Å²) in [5.74, 6) is -0.247. The van der Waals surface area contributed by atoms with E-state index in [0.717, 1.165) is 11.1 Å². The van der Waals surface area contributed by atoms with Crippen molar-refractivity contribution in [2.45, 2.75) is 12.3 Å². The van der Waals surface area contributed by atoms with E-state index in [4.69, 9.17) is 11.6 Å². The summed E-state index contributed by atoms with van der Waals surface area (Å²) >= 11 is 6.44. The smallest absolute Gasteiger partial charge is 0.250 e. The Hall–Kier alpha value is -3.12. The predicted molar refractivity (Wildman–Crippen MR) is 110 cm³/mol. The minimum absolute atomic E-state index is 0.115. The van der Waals surface area contributed by atoms with Crippen LogP contribution < -0.4 is 11.1 Å². The van der Waals surface area contributed by atoms with Crippen LogP contribution in [0.15, 0.2) is 75.7 Å². The largest absolute Gasteiger partial charge is 0.411 e. The first-order valence-corrected chi connectivity index (χ1v) is 9.07. The van der Waals surface area contributed by atoms with Crippen LogP contribution in [0.5, 0.6) is 0 Å². The Morgan fingerprint density at radius 1 is 1.00 bits per heavy atom. The summed E-state index contributed by atoms with van der Waals surface area (Å²) in [6.45, 7) is 0. The number of rotatable bonds is 5. The lowest BCUT2D eigenvalue weighted by molar-refractivity contribution is 0.317. The molecule has 0 fully saturated rings. The van der Waals surface area contributed by atoms with Gasteiger partial charge in [-0.15, -0.1) is 0 Å².